The number of imide groups is 1. The minimum absolute atomic E-state index is 0.248. The van der Waals surface area contributed by atoms with Crippen molar-refractivity contribution in [2.45, 2.75) is 13.0 Å². The fraction of sp³-hybridized carbons (Fsp3) is 0.300. The van der Waals surface area contributed by atoms with E-state index in [0.29, 0.717) is 6.07 Å². The van der Waals surface area contributed by atoms with Crippen LogP contribution in [0.25, 0.3) is 0 Å². The summed E-state index contributed by atoms with van der Waals surface area (Å²) in [6.07, 6.45) is 0. The molecule has 1 aromatic rings. The Morgan fingerprint density at radius 1 is 1.44 bits per heavy atom. The lowest BCUT2D eigenvalue weighted by molar-refractivity contribution is -0.132. The molecule has 2 amide bonds. The van der Waals surface area contributed by atoms with Crippen LogP contribution in [0.1, 0.15) is 6.92 Å². The predicted octanol–water partition coefficient (Wildman–Crippen LogP) is -0.207. The van der Waals surface area contributed by atoms with Crippen LogP contribution in [0.3, 0.4) is 0 Å². The van der Waals surface area contributed by atoms with E-state index < -0.39 is 35.3 Å². The average molecular weight is 256 g/mol. The van der Waals surface area contributed by atoms with Gasteiger partial charge in [0.05, 0.1) is 6.54 Å². The molecule has 1 aromatic heterocycles. The molecule has 1 atom stereocenters. The van der Waals surface area contributed by atoms with E-state index in [2.05, 4.69) is 10.3 Å². The van der Waals surface area contributed by atoms with Gasteiger partial charge in [-0.2, -0.15) is 0 Å². The predicted molar refractivity (Wildman–Crippen MR) is 58.5 cm³/mol. The number of hydrogen-bond acceptors (Lipinski definition) is 5. The Morgan fingerprint density at radius 2 is 2.11 bits per heavy atom. The van der Waals surface area contributed by atoms with Gasteiger partial charge in [0.25, 0.3) is 0 Å². The van der Waals surface area contributed by atoms with Crippen molar-refractivity contribution in [1.29, 1.82) is 0 Å². The van der Waals surface area contributed by atoms with Crippen LogP contribution in [0, 0.1) is 11.6 Å². The standard InChI is InChI=1S/C10H10F2N4O2/c1-4-10(18)14-7(17)3-16(4)9-6(12)2-5(11)8(13)15-9/h2,4H,3H2,1H3,(H2,13,15)(H,14,17,18). The molecule has 8 heteroatoms. The smallest absolute Gasteiger partial charge is 0.249 e. The maximum Gasteiger partial charge on any atom is 0.249 e. The van der Waals surface area contributed by atoms with Crippen LogP contribution in [0.5, 0.6) is 0 Å². The monoisotopic (exact) mass is 256 g/mol. The van der Waals surface area contributed by atoms with Crippen LogP contribution in [0.2, 0.25) is 0 Å². The molecule has 0 radical (unpaired) electrons. The van der Waals surface area contributed by atoms with Crippen LogP contribution in [0.4, 0.5) is 20.4 Å². The fourth-order valence-corrected chi connectivity index (χ4v) is 1.64. The second-order valence-electron chi connectivity index (χ2n) is 3.88. The highest BCUT2D eigenvalue weighted by Gasteiger charge is 2.33. The summed E-state index contributed by atoms with van der Waals surface area (Å²) in [6, 6.07) is -0.226. The normalized spacial score (nSPS) is 19.9. The van der Waals surface area contributed by atoms with E-state index in [4.69, 9.17) is 5.73 Å². The van der Waals surface area contributed by atoms with Crippen LogP contribution in [-0.4, -0.2) is 29.4 Å². The van der Waals surface area contributed by atoms with E-state index in [0.717, 1.165) is 4.90 Å². The zero-order valence-electron chi connectivity index (χ0n) is 9.41. The summed E-state index contributed by atoms with van der Waals surface area (Å²) in [7, 11) is 0. The van der Waals surface area contributed by atoms with Gasteiger partial charge >= 0.3 is 0 Å². The number of nitrogens with zero attached hydrogens (tertiary/aromatic N) is 2. The van der Waals surface area contributed by atoms with Crippen molar-refractivity contribution in [2.24, 2.45) is 0 Å². The number of hydrogen-bond donors (Lipinski definition) is 2. The number of pyridine rings is 1. The Bertz CT molecular complexity index is 535. The number of halogens is 2. The molecule has 0 aliphatic carbocycles. The van der Waals surface area contributed by atoms with Gasteiger partial charge in [-0.15, -0.1) is 0 Å². The first-order valence-electron chi connectivity index (χ1n) is 5.12. The van der Waals surface area contributed by atoms with Crippen LogP contribution in [-0.2, 0) is 9.59 Å². The second-order valence-corrected chi connectivity index (χ2v) is 3.88. The van der Waals surface area contributed by atoms with Crippen molar-refractivity contribution in [3.8, 4) is 0 Å². The minimum atomic E-state index is -0.989. The SMILES string of the molecule is CC1C(=O)NC(=O)CN1c1nc(N)c(F)cc1F. The second kappa shape index (κ2) is 4.21. The molecule has 1 aliphatic rings. The Balaban J connectivity index is 2.44. The van der Waals surface area contributed by atoms with Gasteiger partial charge in [-0.1, -0.05) is 0 Å². The van der Waals surface area contributed by atoms with Crippen molar-refractivity contribution >= 4 is 23.5 Å². The van der Waals surface area contributed by atoms with Gasteiger partial charge in [0.1, 0.15) is 6.04 Å². The molecule has 1 saturated heterocycles. The molecule has 96 valence electrons. The molecule has 0 spiro atoms. The molecular formula is C10H10F2N4O2. The molecule has 18 heavy (non-hydrogen) atoms. The molecule has 2 rings (SSSR count). The maximum atomic E-state index is 13.6. The molecule has 0 bridgehead atoms. The molecule has 2 heterocycles. The number of nitrogens with two attached hydrogens (primary N) is 1. The van der Waals surface area contributed by atoms with Crippen molar-refractivity contribution in [1.82, 2.24) is 10.3 Å². The van der Waals surface area contributed by atoms with Gasteiger partial charge in [-0.05, 0) is 6.92 Å². The zero-order valence-corrected chi connectivity index (χ0v) is 9.41. The van der Waals surface area contributed by atoms with Crippen molar-refractivity contribution in [2.75, 3.05) is 17.2 Å². The third-order valence-electron chi connectivity index (χ3n) is 2.63. The maximum absolute atomic E-state index is 13.6. The third-order valence-corrected chi connectivity index (χ3v) is 2.63. The van der Waals surface area contributed by atoms with Crippen LogP contribution in [0.15, 0.2) is 6.07 Å². The molecule has 1 fully saturated rings. The van der Waals surface area contributed by atoms with Gasteiger partial charge in [-0.3, -0.25) is 14.9 Å². The highest BCUT2D eigenvalue weighted by Crippen LogP contribution is 2.23. The molecule has 1 unspecified atom stereocenters. The number of piperazine rings is 1. The summed E-state index contributed by atoms with van der Waals surface area (Å²) in [4.78, 5) is 27.3. The minimum Gasteiger partial charge on any atom is -0.381 e. The summed E-state index contributed by atoms with van der Waals surface area (Å²) in [5.74, 6) is -3.92. The summed E-state index contributed by atoms with van der Waals surface area (Å²) in [5, 5.41) is 2.10. The Hall–Kier alpha value is -2.25. The van der Waals surface area contributed by atoms with E-state index >= 15 is 0 Å². The van der Waals surface area contributed by atoms with E-state index in [1.54, 1.807) is 0 Å². The highest BCUT2D eigenvalue weighted by molar-refractivity contribution is 6.04. The van der Waals surface area contributed by atoms with Crippen LogP contribution < -0.4 is 16.0 Å². The molecule has 1 aliphatic heterocycles. The molecule has 3 N–H and O–H groups in total. The largest absolute Gasteiger partial charge is 0.381 e. The Morgan fingerprint density at radius 3 is 2.78 bits per heavy atom. The highest BCUT2D eigenvalue weighted by atomic mass is 19.1. The zero-order chi connectivity index (χ0) is 13.4. The first kappa shape index (κ1) is 12.2. The Labute approximate surface area is 101 Å². The van der Waals surface area contributed by atoms with Gasteiger partial charge in [0.2, 0.25) is 11.8 Å². The first-order valence-corrected chi connectivity index (χ1v) is 5.12. The lowest BCUT2D eigenvalue weighted by atomic mass is 10.2. The Kier molecular flexibility index (Phi) is 2.85. The van der Waals surface area contributed by atoms with Crippen molar-refractivity contribution < 1.29 is 18.4 Å². The number of nitrogens with one attached hydrogen (secondary N) is 1. The van der Waals surface area contributed by atoms with Gasteiger partial charge in [-0.25, -0.2) is 13.8 Å². The topological polar surface area (TPSA) is 88.3 Å². The van der Waals surface area contributed by atoms with E-state index in [-0.39, 0.29) is 12.4 Å². The average Bonchev–Trinajstić information content (AvgIpc) is 2.29. The van der Waals surface area contributed by atoms with E-state index in [1.807, 2.05) is 0 Å². The number of nitrogen functional groups attached to an aromatic ring is 1. The van der Waals surface area contributed by atoms with Crippen LogP contribution >= 0.6 is 0 Å². The number of carbonyl (C=O) groups excluding carboxylic acids is 2. The number of rotatable bonds is 1. The van der Waals surface area contributed by atoms with Crippen molar-refractivity contribution in [3.05, 3.63) is 17.7 Å². The molecular weight excluding hydrogens is 246 g/mol. The number of anilines is 2. The first-order chi connectivity index (χ1) is 8.40. The molecule has 0 aromatic carbocycles. The summed E-state index contributed by atoms with van der Waals surface area (Å²) >= 11 is 0. The number of amides is 2. The lowest BCUT2D eigenvalue weighted by Crippen LogP contribution is -2.57. The van der Waals surface area contributed by atoms with Gasteiger partial charge in [0, 0.05) is 6.07 Å². The fourth-order valence-electron chi connectivity index (χ4n) is 1.64. The quantitative estimate of drug-likeness (QED) is 0.679. The third kappa shape index (κ3) is 1.96. The van der Waals surface area contributed by atoms with E-state index in [9.17, 15) is 18.4 Å². The van der Waals surface area contributed by atoms with Gasteiger partial charge in [0.15, 0.2) is 23.3 Å². The summed E-state index contributed by atoms with van der Waals surface area (Å²) in [5.41, 5.74) is 5.25. The summed E-state index contributed by atoms with van der Waals surface area (Å²) in [6.45, 7) is 1.23. The lowest BCUT2D eigenvalue weighted by Gasteiger charge is -2.32. The summed E-state index contributed by atoms with van der Waals surface area (Å²) < 4.78 is 26.6. The number of aromatic nitrogens is 1. The van der Waals surface area contributed by atoms with Crippen molar-refractivity contribution in [3.63, 3.8) is 0 Å². The number of carbonyl (C=O) groups is 2. The van der Waals surface area contributed by atoms with E-state index in [1.165, 1.54) is 6.92 Å². The molecule has 6 nitrogen and oxygen atoms in total. The molecule has 0 saturated carbocycles. The van der Waals surface area contributed by atoms with Gasteiger partial charge < -0.3 is 10.6 Å².